The van der Waals surface area contributed by atoms with Gasteiger partial charge in [-0.3, -0.25) is 4.90 Å². The second-order valence-electron chi connectivity index (χ2n) is 18.9. The summed E-state index contributed by atoms with van der Waals surface area (Å²) in [6.07, 6.45) is 13.2. The fourth-order valence-corrected chi connectivity index (χ4v) is 7.28. The fourth-order valence-electron chi connectivity index (χ4n) is 7.28. The number of hydrogen-bond donors (Lipinski definition) is 2. The van der Waals surface area contributed by atoms with Crippen LogP contribution in [0.5, 0.6) is 0 Å². The van der Waals surface area contributed by atoms with Gasteiger partial charge in [-0.1, -0.05) is 64.7 Å². The molecule has 0 fully saturated rings. The third-order valence-electron chi connectivity index (χ3n) is 11.8. The minimum atomic E-state index is 0.0190. The van der Waals surface area contributed by atoms with E-state index in [0.717, 1.165) is 19.6 Å². The third kappa shape index (κ3) is 79.0. The highest BCUT2D eigenvalue weighted by atomic mass is 16.6. The smallest absolute Gasteiger partial charge is 0.0701 e. The lowest BCUT2D eigenvalue weighted by molar-refractivity contribution is -0.0284. The summed E-state index contributed by atoms with van der Waals surface area (Å²) in [7, 11) is 0. The predicted molar refractivity (Wildman–Crippen MR) is 320 cm³/mol. The van der Waals surface area contributed by atoms with Crippen molar-refractivity contribution in [1.29, 1.82) is 0 Å². The van der Waals surface area contributed by atoms with Crippen LogP contribution in [0.2, 0.25) is 0 Å². The van der Waals surface area contributed by atoms with Gasteiger partial charge in [-0.2, -0.15) is 0 Å². The van der Waals surface area contributed by atoms with Crippen LogP contribution >= 0.6 is 0 Å². The Morgan fingerprint density at radius 2 is 0.306 bits per heavy atom. The molecule has 85 heavy (non-hydrogen) atoms. The van der Waals surface area contributed by atoms with Gasteiger partial charge in [0, 0.05) is 13.1 Å². The van der Waals surface area contributed by atoms with Crippen LogP contribution in [0.1, 0.15) is 71.1 Å². The van der Waals surface area contributed by atoms with Crippen molar-refractivity contribution >= 4 is 0 Å². The summed E-state index contributed by atoms with van der Waals surface area (Å²) in [5.74, 6) is 0. The minimum absolute atomic E-state index is 0.0190. The summed E-state index contributed by atoms with van der Waals surface area (Å²) in [6, 6.07) is 0. The Kier molecular flexibility index (Phi) is 80.1. The average Bonchev–Trinajstić information content (AvgIpc) is 3.51. The zero-order valence-electron chi connectivity index (χ0n) is 53.0. The van der Waals surface area contributed by atoms with Gasteiger partial charge >= 0.3 is 0 Å². The number of rotatable bonds is 81. The quantitative estimate of drug-likeness (QED) is 0.0827. The maximum absolute atomic E-state index is 8.64. The Balaban J connectivity index is 3.68. The van der Waals surface area contributed by atoms with E-state index in [2.05, 4.69) is 11.8 Å². The summed E-state index contributed by atoms with van der Waals surface area (Å²) in [5, 5.41) is 17.3. The number of nitrogens with zero attached hydrogens (tertiary/aromatic N) is 1. The maximum atomic E-state index is 8.64. The van der Waals surface area contributed by atoms with E-state index in [9.17, 15) is 0 Å². The second-order valence-corrected chi connectivity index (χ2v) is 18.9. The zero-order valence-corrected chi connectivity index (χ0v) is 53.0. The first-order valence-electron chi connectivity index (χ1n) is 32.0. The molecule has 0 saturated heterocycles. The molecule has 25 nitrogen and oxygen atoms in total. The molecule has 0 aliphatic heterocycles. The van der Waals surface area contributed by atoms with Crippen LogP contribution in [0.4, 0.5) is 0 Å². The Bertz CT molecular complexity index is 1080. The van der Waals surface area contributed by atoms with Gasteiger partial charge in [0.25, 0.3) is 0 Å². The van der Waals surface area contributed by atoms with Gasteiger partial charge in [-0.25, -0.2) is 0 Å². The highest BCUT2D eigenvalue weighted by molar-refractivity contribution is 4.59. The van der Waals surface area contributed by atoms with E-state index in [4.69, 9.17) is 114 Å². The van der Waals surface area contributed by atoms with Crippen LogP contribution in [0.15, 0.2) is 0 Å². The molecule has 0 aromatic heterocycles. The Labute approximate surface area is 512 Å². The van der Waals surface area contributed by atoms with E-state index >= 15 is 0 Å². The first kappa shape index (κ1) is 84.0. The van der Waals surface area contributed by atoms with Crippen molar-refractivity contribution in [2.24, 2.45) is 0 Å². The van der Waals surface area contributed by atoms with Crippen LogP contribution in [0.3, 0.4) is 0 Å². The predicted octanol–water partition coefficient (Wildman–Crippen LogP) is 3.56. The van der Waals surface area contributed by atoms with Crippen molar-refractivity contribution in [3.63, 3.8) is 0 Å². The molecular formula is C60H123NO24. The normalized spacial score (nSPS) is 11.9. The Morgan fingerprint density at radius 3 is 0.471 bits per heavy atom. The van der Waals surface area contributed by atoms with Gasteiger partial charge in [0.2, 0.25) is 0 Å². The Morgan fingerprint density at radius 1 is 0.165 bits per heavy atom. The van der Waals surface area contributed by atoms with Crippen LogP contribution < -0.4 is 0 Å². The molecule has 0 radical (unpaired) electrons. The topological polar surface area (TPSA) is 247 Å². The molecule has 0 spiro atoms. The van der Waals surface area contributed by atoms with E-state index in [1.165, 1.54) is 64.2 Å². The van der Waals surface area contributed by atoms with Crippen LogP contribution in [0.25, 0.3) is 0 Å². The molecule has 0 atom stereocenters. The first-order chi connectivity index (χ1) is 42.3. The van der Waals surface area contributed by atoms with Gasteiger partial charge in [-0.05, 0) is 13.0 Å². The van der Waals surface area contributed by atoms with Crippen LogP contribution in [-0.4, -0.2) is 339 Å². The maximum Gasteiger partial charge on any atom is 0.0701 e. The van der Waals surface area contributed by atoms with E-state index < -0.39 is 0 Å². The minimum Gasteiger partial charge on any atom is -0.394 e. The summed E-state index contributed by atoms with van der Waals surface area (Å²) in [6.45, 7) is 26.9. The van der Waals surface area contributed by atoms with Gasteiger partial charge in [0.15, 0.2) is 0 Å². The number of hydrogen-bond acceptors (Lipinski definition) is 25. The summed E-state index contributed by atoms with van der Waals surface area (Å²) in [5.41, 5.74) is 0. The molecule has 0 saturated carbocycles. The zero-order chi connectivity index (χ0) is 60.9. The molecule has 2 N–H and O–H groups in total. The monoisotopic (exact) mass is 1240 g/mol. The molecule has 0 aliphatic rings. The fraction of sp³-hybridized carbons (Fsp3) is 1.00. The van der Waals surface area contributed by atoms with E-state index in [1.807, 2.05) is 0 Å². The van der Waals surface area contributed by atoms with Gasteiger partial charge in [0.05, 0.1) is 304 Å². The highest BCUT2D eigenvalue weighted by Crippen LogP contribution is 2.11. The van der Waals surface area contributed by atoms with Crippen molar-refractivity contribution in [1.82, 2.24) is 4.90 Å². The number of ether oxygens (including phenoxy) is 22. The Hall–Kier alpha value is -1.00. The van der Waals surface area contributed by atoms with Gasteiger partial charge < -0.3 is 114 Å². The van der Waals surface area contributed by atoms with Crippen LogP contribution in [0, 0.1) is 0 Å². The molecule has 0 unspecified atom stereocenters. The molecule has 512 valence electrons. The van der Waals surface area contributed by atoms with Crippen molar-refractivity contribution < 1.29 is 114 Å². The molecule has 0 aromatic carbocycles. The molecular weight excluding hydrogens is 1120 g/mol. The lowest BCUT2D eigenvalue weighted by atomic mass is 10.1. The molecule has 25 heteroatoms. The molecule has 0 amide bonds. The summed E-state index contributed by atoms with van der Waals surface area (Å²) in [4.78, 5) is 2.44. The number of unbranched alkanes of at least 4 members (excludes halogenated alkanes) is 9. The van der Waals surface area contributed by atoms with Gasteiger partial charge in [-0.15, -0.1) is 0 Å². The summed E-state index contributed by atoms with van der Waals surface area (Å²) >= 11 is 0. The SMILES string of the molecule is CCCCCCCCCCCCN(CCOCCOCCOCCOCCOCCOCCOCCOCCOCCOCCOCCO)CCOCCOCCOCCOCCOCCOCCOCCOCCOCCOCCOCCO. The number of aliphatic hydroxyl groups is 2. The van der Waals surface area contributed by atoms with Gasteiger partial charge in [0.1, 0.15) is 0 Å². The molecule has 0 aromatic rings. The van der Waals surface area contributed by atoms with Crippen molar-refractivity contribution in [2.45, 2.75) is 71.1 Å². The average molecular weight is 1240 g/mol. The lowest BCUT2D eigenvalue weighted by Gasteiger charge is -2.22. The molecule has 0 bridgehead atoms. The first-order valence-corrected chi connectivity index (χ1v) is 32.0. The highest BCUT2D eigenvalue weighted by Gasteiger charge is 2.07. The van der Waals surface area contributed by atoms with Crippen molar-refractivity contribution in [3.8, 4) is 0 Å². The molecule has 0 aliphatic carbocycles. The van der Waals surface area contributed by atoms with E-state index in [1.54, 1.807) is 0 Å². The molecule has 0 rings (SSSR count). The van der Waals surface area contributed by atoms with Crippen LogP contribution in [-0.2, 0) is 104 Å². The van der Waals surface area contributed by atoms with E-state index in [-0.39, 0.29) is 13.2 Å². The van der Waals surface area contributed by atoms with E-state index in [0.29, 0.717) is 291 Å². The van der Waals surface area contributed by atoms with Crippen molar-refractivity contribution in [3.05, 3.63) is 0 Å². The second kappa shape index (κ2) is 81.0. The van der Waals surface area contributed by atoms with Crippen molar-refractivity contribution in [2.75, 3.05) is 324 Å². The summed E-state index contributed by atoms with van der Waals surface area (Å²) < 4.78 is 122. The largest absolute Gasteiger partial charge is 0.394 e. The third-order valence-corrected chi connectivity index (χ3v) is 11.8. The lowest BCUT2D eigenvalue weighted by Crippen LogP contribution is -2.32. The molecule has 0 heterocycles. The standard InChI is InChI=1S/C60H123NO24/c1-2-3-4-5-6-7-8-9-10-11-12-61(13-17-64-21-25-68-29-33-72-37-41-76-45-49-80-53-57-84-59-55-82-51-47-78-43-39-74-35-31-70-27-23-66-19-15-62)14-18-65-22-26-69-30-34-73-38-42-77-46-50-81-54-58-85-60-56-83-52-48-79-44-40-75-36-32-71-28-24-67-20-16-63/h62-63H,2-60H2,1H3. The number of aliphatic hydroxyl groups excluding tert-OH is 2.